The maximum absolute atomic E-state index is 13.2. The number of rotatable bonds is 6. The first kappa shape index (κ1) is 25.8. The normalized spacial score (nSPS) is 14.9. The van der Waals surface area contributed by atoms with E-state index in [1.807, 2.05) is 41.3 Å². The Morgan fingerprint density at radius 3 is 2.28 bits per heavy atom. The number of hydrogen-bond donors (Lipinski definition) is 1. The van der Waals surface area contributed by atoms with Crippen LogP contribution in [-0.2, 0) is 16.4 Å². The molecule has 1 heterocycles. The summed E-state index contributed by atoms with van der Waals surface area (Å²) in [5, 5.41) is 0. The van der Waals surface area contributed by atoms with Gasteiger partial charge in [0.15, 0.2) is 0 Å². The van der Waals surface area contributed by atoms with Crippen molar-refractivity contribution in [3.63, 3.8) is 0 Å². The fourth-order valence-electron chi connectivity index (χ4n) is 4.33. The maximum atomic E-state index is 13.2. The summed E-state index contributed by atoms with van der Waals surface area (Å²) >= 11 is 0. The second-order valence-corrected chi connectivity index (χ2v) is 11.4. The number of benzene rings is 3. The summed E-state index contributed by atoms with van der Waals surface area (Å²) in [7, 11) is 0.208. The molecule has 1 amide bonds. The van der Waals surface area contributed by atoms with Crippen LogP contribution >= 0.6 is 0 Å². The fraction of sp³-hybridized carbons (Fsp3) is 0.345. The first-order valence-corrected chi connectivity index (χ1v) is 13.4. The van der Waals surface area contributed by atoms with E-state index in [0.717, 1.165) is 30.2 Å². The molecule has 0 radical (unpaired) electrons. The molecular weight excluding hydrogens is 470 g/mol. The largest absolute Gasteiger partial charge is 0.495 e. The van der Waals surface area contributed by atoms with Gasteiger partial charge in [-0.3, -0.25) is 4.79 Å². The molecule has 1 fully saturated rings. The molecule has 1 saturated heterocycles. The minimum Gasteiger partial charge on any atom is -0.495 e. The van der Waals surface area contributed by atoms with Gasteiger partial charge in [-0.2, -0.15) is 0 Å². The first-order chi connectivity index (χ1) is 17.2. The lowest BCUT2D eigenvalue weighted by Crippen LogP contribution is -2.48. The minimum atomic E-state index is -1.47. The fourth-order valence-corrected chi connectivity index (χ4v) is 5.23. The van der Waals surface area contributed by atoms with Crippen molar-refractivity contribution in [1.29, 1.82) is 0 Å². The summed E-state index contributed by atoms with van der Waals surface area (Å²) in [6, 6.07) is 21.2. The second-order valence-electron chi connectivity index (χ2n) is 10.2. The molecule has 6 nitrogen and oxygen atoms in total. The van der Waals surface area contributed by atoms with E-state index in [1.54, 1.807) is 31.4 Å². The summed E-state index contributed by atoms with van der Waals surface area (Å²) < 4.78 is 21.6. The number of amides is 1. The first-order valence-electron chi connectivity index (χ1n) is 12.2. The number of hydrogen-bond acceptors (Lipinski definition) is 4. The smallest absolute Gasteiger partial charge is 0.254 e. The van der Waals surface area contributed by atoms with Crippen LogP contribution in [0.3, 0.4) is 0 Å². The molecule has 0 spiro atoms. The van der Waals surface area contributed by atoms with E-state index in [4.69, 9.17) is 4.74 Å². The van der Waals surface area contributed by atoms with Crippen LogP contribution in [-0.4, -0.2) is 48.3 Å². The molecule has 190 valence electrons. The third kappa shape index (κ3) is 5.90. The number of carbonyl (C=O) groups is 1. The Morgan fingerprint density at radius 1 is 0.944 bits per heavy atom. The lowest BCUT2D eigenvalue weighted by atomic mass is 9.87. The van der Waals surface area contributed by atoms with Crippen molar-refractivity contribution >= 4 is 28.3 Å². The van der Waals surface area contributed by atoms with Gasteiger partial charge in [0.05, 0.1) is 17.7 Å². The molecule has 1 aliphatic rings. The van der Waals surface area contributed by atoms with Crippen LogP contribution in [0.1, 0.15) is 42.3 Å². The van der Waals surface area contributed by atoms with Crippen LogP contribution in [0.4, 0.5) is 11.4 Å². The molecule has 1 aliphatic heterocycles. The molecule has 3 aromatic rings. The van der Waals surface area contributed by atoms with Crippen molar-refractivity contribution in [2.45, 2.75) is 38.0 Å². The molecule has 4 rings (SSSR count). The van der Waals surface area contributed by atoms with Crippen LogP contribution in [0.5, 0.6) is 5.75 Å². The zero-order valence-electron chi connectivity index (χ0n) is 21.7. The lowest BCUT2D eigenvalue weighted by molar-refractivity contribution is 0.0746. The van der Waals surface area contributed by atoms with Gasteiger partial charge in [-0.05, 0) is 65.9 Å². The van der Waals surface area contributed by atoms with E-state index in [0.29, 0.717) is 23.5 Å². The van der Waals surface area contributed by atoms with Crippen molar-refractivity contribution in [1.82, 2.24) is 4.90 Å². The Bertz CT molecular complexity index is 1240. The van der Waals surface area contributed by atoms with Crippen LogP contribution in [0, 0.1) is 6.92 Å². The average molecular weight is 506 g/mol. The van der Waals surface area contributed by atoms with Crippen molar-refractivity contribution in [3.05, 3.63) is 83.4 Å². The third-order valence-electron chi connectivity index (χ3n) is 6.50. The van der Waals surface area contributed by atoms with Crippen molar-refractivity contribution in [2.24, 2.45) is 0 Å². The molecule has 0 bridgehead atoms. The number of nitrogens with zero attached hydrogens (tertiary/aromatic N) is 2. The van der Waals surface area contributed by atoms with Gasteiger partial charge < -0.3 is 19.3 Å². The molecule has 36 heavy (non-hydrogen) atoms. The predicted octanol–water partition coefficient (Wildman–Crippen LogP) is 5.40. The van der Waals surface area contributed by atoms with Crippen molar-refractivity contribution in [3.8, 4) is 5.75 Å². The monoisotopic (exact) mass is 505 g/mol. The molecule has 1 N–H and O–H groups in total. The molecule has 1 atom stereocenters. The highest BCUT2D eigenvalue weighted by molar-refractivity contribution is 7.86. The van der Waals surface area contributed by atoms with E-state index in [-0.39, 0.29) is 11.3 Å². The highest BCUT2D eigenvalue weighted by Gasteiger charge is 2.24. The van der Waals surface area contributed by atoms with E-state index in [9.17, 15) is 9.00 Å². The lowest BCUT2D eigenvalue weighted by Gasteiger charge is -2.36. The number of anilines is 2. The van der Waals surface area contributed by atoms with Crippen molar-refractivity contribution < 1.29 is 13.7 Å². The molecule has 1 unspecified atom stereocenters. The molecule has 0 aromatic heterocycles. The van der Waals surface area contributed by atoms with Gasteiger partial charge in [-0.25, -0.2) is 4.21 Å². The van der Waals surface area contributed by atoms with Gasteiger partial charge in [0.2, 0.25) is 0 Å². The Balaban J connectivity index is 1.40. The number of methoxy groups -OCH3 is 1. The number of nitrogens with one attached hydrogen (secondary N) is 1. The van der Waals surface area contributed by atoms with Gasteiger partial charge in [-0.15, -0.1) is 0 Å². The van der Waals surface area contributed by atoms with E-state index >= 15 is 0 Å². The Labute approximate surface area is 216 Å². The van der Waals surface area contributed by atoms with Crippen LogP contribution < -0.4 is 14.4 Å². The SMILES string of the molecule is COc1ccc(C)cc1N1CCN(C(=O)c2cccc(S(=O)Nc3ccc(C(C)(C)C)cc3)c2)CC1. The summed E-state index contributed by atoms with van der Waals surface area (Å²) in [6.45, 7) is 11.2. The number of piperazine rings is 1. The van der Waals surface area contributed by atoms with Gasteiger partial charge in [0, 0.05) is 37.4 Å². The number of aryl methyl sites for hydroxylation is 1. The van der Waals surface area contributed by atoms with Gasteiger partial charge in [-0.1, -0.05) is 45.0 Å². The highest BCUT2D eigenvalue weighted by Crippen LogP contribution is 2.30. The highest BCUT2D eigenvalue weighted by atomic mass is 32.2. The predicted molar refractivity (Wildman–Crippen MR) is 147 cm³/mol. The van der Waals surface area contributed by atoms with Gasteiger partial charge in [0.25, 0.3) is 5.91 Å². The summed E-state index contributed by atoms with van der Waals surface area (Å²) in [5.74, 6) is 0.801. The molecular formula is C29H35N3O3S. The summed E-state index contributed by atoms with van der Waals surface area (Å²) in [4.78, 5) is 17.9. The summed E-state index contributed by atoms with van der Waals surface area (Å²) in [6.07, 6.45) is 0. The molecule has 7 heteroatoms. The maximum Gasteiger partial charge on any atom is 0.254 e. The van der Waals surface area contributed by atoms with E-state index in [1.165, 1.54) is 11.1 Å². The standard InChI is InChI=1S/C29H35N3O3S/c1-21-9-14-27(35-5)26(19-21)31-15-17-32(18-16-31)28(33)22-7-6-8-25(20-22)36(34)30-24-12-10-23(11-13-24)29(2,3)4/h6-14,19-20,30H,15-18H2,1-5H3. The Hall–Kier alpha value is -3.32. The Morgan fingerprint density at radius 2 is 1.64 bits per heavy atom. The zero-order chi connectivity index (χ0) is 25.9. The quantitative estimate of drug-likeness (QED) is 0.487. The second kappa shape index (κ2) is 10.7. The summed E-state index contributed by atoms with van der Waals surface area (Å²) in [5.41, 5.74) is 4.83. The van der Waals surface area contributed by atoms with Crippen LogP contribution in [0.15, 0.2) is 71.6 Å². The topological polar surface area (TPSA) is 61.9 Å². The minimum absolute atomic E-state index is 0.0424. The Kier molecular flexibility index (Phi) is 7.69. The molecule has 0 aliphatic carbocycles. The average Bonchev–Trinajstić information content (AvgIpc) is 2.88. The van der Waals surface area contributed by atoms with E-state index in [2.05, 4.69) is 43.4 Å². The number of carbonyl (C=O) groups excluding carboxylic acids is 1. The van der Waals surface area contributed by atoms with E-state index < -0.39 is 11.0 Å². The van der Waals surface area contributed by atoms with Crippen LogP contribution in [0.2, 0.25) is 0 Å². The molecule has 0 saturated carbocycles. The molecule has 3 aromatic carbocycles. The zero-order valence-corrected chi connectivity index (χ0v) is 22.5. The number of ether oxygens (including phenoxy) is 1. The third-order valence-corrected chi connectivity index (χ3v) is 7.60. The van der Waals surface area contributed by atoms with Crippen molar-refractivity contribution in [2.75, 3.05) is 42.9 Å². The van der Waals surface area contributed by atoms with Gasteiger partial charge in [0.1, 0.15) is 16.7 Å². The van der Waals surface area contributed by atoms with Crippen LogP contribution in [0.25, 0.3) is 0 Å². The van der Waals surface area contributed by atoms with Gasteiger partial charge >= 0.3 is 0 Å².